The standard InChI is InChI=1S/C39H65NO10/c1-18-6-9-26-19(2)29-27(40(26)16-18)15-25-23-8-7-21-14-22(10-12-38(21,4)24(23)11-13-39(25,29)5)48-37-35(33(45)31(43)28(17-41)49-37)50-36-34(46)32(44)30(42)20(3)47-36/h18-37,41-46H,6-17H2,1-5H3/t18-,19+,20-,21?,22-,23+,24-,25-,26+,27-,28+,29-,30-,31+,32+,33-,34+,35+,36-,37+,38-,39-/m0/s1. The normalized spacial score (nSPS) is 59.6. The van der Waals surface area contributed by atoms with Crippen molar-refractivity contribution < 1.29 is 49.6 Å². The Bertz CT molecular complexity index is 1230. The summed E-state index contributed by atoms with van der Waals surface area (Å²) in [6, 6.07) is 1.55. The van der Waals surface area contributed by atoms with Crippen LogP contribution in [0.5, 0.6) is 0 Å². The quantitative estimate of drug-likeness (QED) is 0.233. The van der Waals surface area contributed by atoms with Crippen LogP contribution >= 0.6 is 0 Å². The van der Waals surface area contributed by atoms with Crippen molar-refractivity contribution in [2.24, 2.45) is 52.3 Å². The molecule has 0 aromatic carbocycles. The Balaban J connectivity index is 0.955. The van der Waals surface area contributed by atoms with E-state index in [1.54, 1.807) is 6.92 Å². The highest BCUT2D eigenvalue weighted by atomic mass is 16.8. The van der Waals surface area contributed by atoms with Crippen LogP contribution in [-0.4, -0.2) is 128 Å². The van der Waals surface area contributed by atoms with Gasteiger partial charge in [0.25, 0.3) is 0 Å². The molecule has 50 heavy (non-hydrogen) atoms. The monoisotopic (exact) mass is 707 g/mol. The van der Waals surface area contributed by atoms with Crippen molar-refractivity contribution in [3.8, 4) is 0 Å². The van der Waals surface area contributed by atoms with E-state index < -0.39 is 68.0 Å². The van der Waals surface area contributed by atoms with Crippen LogP contribution < -0.4 is 0 Å². The van der Waals surface area contributed by atoms with Crippen LogP contribution in [0.15, 0.2) is 0 Å². The highest BCUT2D eigenvalue weighted by Gasteiger charge is 2.67. The third-order valence-corrected chi connectivity index (χ3v) is 16.5. The van der Waals surface area contributed by atoms with Crippen LogP contribution in [0.1, 0.15) is 98.8 Å². The van der Waals surface area contributed by atoms with E-state index in [1.165, 1.54) is 51.5 Å². The molecule has 11 heteroatoms. The lowest BCUT2D eigenvalue weighted by Gasteiger charge is -2.61. The molecule has 4 heterocycles. The molecule has 6 N–H and O–H groups in total. The SMILES string of the molecule is C[C@H]1CC[C@@H]2[C@@H](C)[C@H]3[C@H](C[C@H]4[C@@H]5CCC6C[C@@H](O[C@@H]7O[C@H](CO)[C@@H](O)[C@H](O)[C@H]7O[C@@H]7O[C@@H](C)[C@H](O)[C@@H](O)[C@H]7O)CC[C@]6(C)[C@H]5CC[C@]34C)N2C1. The minimum absolute atomic E-state index is 0.162. The van der Waals surface area contributed by atoms with Gasteiger partial charge in [0.05, 0.1) is 18.8 Å². The van der Waals surface area contributed by atoms with Crippen LogP contribution in [0, 0.1) is 52.3 Å². The van der Waals surface area contributed by atoms with Crippen molar-refractivity contribution in [3.63, 3.8) is 0 Å². The van der Waals surface area contributed by atoms with E-state index in [9.17, 15) is 30.6 Å². The number of piperidine rings is 1. The molecule has 11 nitrogen and oxygen atoms in total. The molecule has 22 atom stereocenters. The lowest BCUT2D eigenvalue weighted by atomic mass is 9.44. The fourth-order valence-corrected chi connectivity index (χ4v) is 13.9. The fourth-order valence-electron chi connectivity index (χ4n) is 13.9. The predicted octanol–water partition coefficient (Wildman–Crippen LogP) is 2.41. The molecule has 286 valence electrons. The molecular weight excluding hydrogens is 642 g/mol. The molecule has 4 aliphatic heterocycles. The van der Waals surface area contributed by atoms with E-state index in [4.69, 9.17) is 18.9 Å². The largest absolute Gasteiger partial charge is 0.394 e. The maximum absolute atomic E-state index is 11.1. The van der Waals surface area contributed by atoms with Gasteiger partial charge in [-0.3, -0.25) is 4.90 Å². The van der Waals surface area contributed by atoms with Crippen LogP contribution in [-0.2, 0) is 18.9 Å². The average Bonchev–Trinajstić information content (AvgIpc) is 3.56. The highest BCUT2D eigenvalue weighted by molar-refractivity contribution is 5.17. The van der Waals surface area contributed by atoms with Gasteiger partial charge in [0.2, 0.25) is 0 Å². The first-order valence-electron chi connectivity index (χ1n) is 20.2. The number of rotatable bonds is 5. The Morgan fingerprint density at radius 2 is 1.46 bits per heavy atom. The molecule has 8 rings (SSSR count). The third-order valence-electron chi connectivity index (χ3n) is 16.5. The van der Waals surface area contributed by atoms with Gasteiger partial charge in [-0.25, -0.2) is 0 Å². The number of hydrogen-bond acceptors (Lipinski definition) is 11. The van der Waals surface area contributed by atoms with Gasteiger partial charge in [-0.2, -0.15) is 0 Å². The van der Waals surface area contributed by atoms with E-state index in [2.05, 4.69) is 32.6 Å². The highest BCUT2D eigenvalue weighted by Crippen LogP contribution is 2.70. The zero-order valence-electron chi connectivity index (χ0n) is 30.8. The first-order valence-corrected chi connectivity index (χ1v) is 20.2. The van der Waals surface area contributed by atoms with Crippen LogP contribution in [0.4, 0.5) is 0 Å². The molecule has 0 radical (unpaired) electrons. The number of fused-ring (bicyclic) bond motifs is 9. The number of aliphatic hydroxyl groups excluding tert-OH is 6. The molecule has 0 bridgehead atoms. The Hall–Kier alpha value is -0.440. The second-order valence-corrected chi connectivity index (χ2v) is 18.9. The van der Waals surface area contributed by atoms with E-state index in [1.807, 2.05) is 0 Å². The molecule has 0 aromatic rings. The summed E-state index contributed by atoms with van der Waals surface area (Å²) in [5.74, 6) is 5.26. The first kappa shape index (κ1) is 36.5. The Labute approximate surface area is 298 Å². The molecule has 8 fully saturated rings. The van der Waals surface area contributed by atoms with Gasteiger partial charge in [-0.1, -0.05) is 27.7 Å². The second kappa shape index (κ2) is 13.4. The molecule has 0 aromatic heterocycles. The minimum atomic E-state index is -1.59. The van der Waals surface area contributed by atoms with Gasteiger partial charge in [0, 0.05) is 18.6 Å². The summed E-state index contributed by atoms with van der Waals surface area (Å²) >= 11 is 0. The van der Waals surface area contributed by atoms with E-state index in [0.717, 1.165) is 66.9 Å². The topological polar surface area (TPSA) is 162 Å². The third kappa shape index (κ3) is 5.61. The van der Waals surface area contributed by atoms with Crippen molar-refractivity contribution in [2.45, 2.75) is 178 Å². The fraction of sp³-hybridized carbons (Fsp3) is 1.00. The summed E-state index contributed by atoms with van der Waals surface area (Å²) in [6.07, 6.45) is -1.16. The van der Waals surface area contributed by atoms with E-state index in [0.29, 0.717) is 11.3 Å². The van der Waals surface area contributed by atoms with Crippen molar-refractivity contribution in [1.82, 2.24) is 4.90 Å². The van der Waals surface area contributed by atoms with Crippen LogP contribution in [0.25, 0.3) is 0 Å². The van der Waals surface area contributed by atoms with Crippen molar-refractivity contribution in [1.29, 1.82) is 0 Å². The number of aliphatic hydroxyl groups is 6. The lowest BCUT2D eigenvalue weighted by molar-refractivity contribution is -0.371. The van der Waals surface area contributed by atoms with Gasteiger partial charge in [-0.05, 0) is 123 Å². The van der Waals surface area contributed by atoms with Gasteiger partial charge >= 0.3 is 0 Å². The molecule has 4 aliphatic carbocycles. The van der Waals surface area contributed by atoms with Crippen molar-refractivity contribution in [2.75, 3.05) is 13.2 Å². The van der Waals surface area contributed by atoms with E-state index in [-0.39, 0.29) is 11.5 Å². The smallest absolute Gasteiger partial charge is 0.187 e. The first-order chi connectivity index (χ1) is 23.8. The van der Waals surface area contributed by atoms with Gasteiger partial charge in [0.1, 0.15) is 42.7 Å². The Kier molecular flexibility index (Phi) is 9.79. The second-order valence-electron chi connectivity index (χ2n) is 18.9. The van der Waals surface area contributed by atoms with Crippen LogP contribution in [0.2, 0.25) is 0 Å². The van der Waals surface area contributed by atoms with Gasteiger partial charge < -0.3 is 49.6 Å². The van der Waals surface area contributed by atoms with Crippen LogP contribution in [0.3, 0.4) is 0 Å². The van der Waals surface area contributed by atoms with Crippen molar-refractivity contribution in [3.05, 3.63) is 0 Å². The Morgan fingerprint density at radius 3 is 2.22 bits per heavy atom. The van der Waals surface area contributed by atoms with Crippen molar-refractivity contribution >= 4 is 0 Å². The summed E-state index contributed by atoms with van der Waals surface area (Å²) in [5, 5.41) is 63.0. The van der Waals surface area contributed by atoms with Gasteiger partial charge in [0.15, 0.2) is 12.6 Å². The zero-order chi connectivity index (χ0) is 35.4. The molecule has 0 spiro atoms. The Morgan fingerprint density at radius 1 is 0.700 bits per heavy atom. The lowest BCUT2D eigenvalue weighted by Crippen LogP contribution is -2.64. The molecular formula is C39H65NO10. The summed E-state index contributed by atoms with van der Waals surface area (Å²) in [6.45, 7) is 12.6. The summed E-state index contributed by atoms with van der Waals surface area (Å²) in [4.78, 5) is 2.98. The molecule has 8 aliphatic rings. The molecule has 0 amide bonds. The molecule has 4 saturated carbocycles. The number of nitrogens with zero attached hydrogens (tertiary/aromatic N) is 1. The average molecular weight is 708 g/mol. The number of hydrogen-bond donors (Lipinski definition) is 6. The van der Waals surface area contributed by atoms with Gasteiger partial charge in [-0.15, -0.1) is 0 Å². The summed E-state index contributed by atoms with van der Waals surface area (Å²) < 4.78 is 24.3. The molecule has 4 saturated heterocycles. The maximum atomic E-state index is 11.1. The predicted molar refractivity (Wildman–Crippen MR) is 182 cm³/mol. The summed E-state index contributed by atoms with van der Waals surface area (Å²) in [5.41, 5.74) is 0.689. The molecule has 1 unspecified atom stereocenters. The maximum Gasteiger partial charge on any atom is 0.187 e. The number of ether oxygens (including phenoxy) is 4. The minimum Gasteiger partial charge on any atom is -0.394 e. The van der Waals surface area contributed by atoms with E-state index >= 15 is 0 Å². The zero-order valence-corrected chi connectivity index (χ0v) is 30.8. The summed E-state index contributed by atoms with van der Waals surface area (Å²) in [7, 11) is 0.